The first-order chi connectivity index (χ1) is 6.68. The second-order valence-electron chi connectivity index (χ2n) is 2.97. The fourth-order valence-electron chi connectivity index (χ4n) is 1.34. The lowest BCUT2D eigenvalue weighted by atomic mass is 10.3. The Morgan fingerprint density at radius 3 is 2.29 bits per heavy atom. The average Bonchev–Trinajstić information content (AvgIpc) is 2.49. The van der Waals surface area contributed by atoms with E-state index in [4.69, 9.17) is 11.6 Å². The Kier molecular flexibility index (Phi) is 2.14. The lowest BCUT2D eigenvalue weighted by Gasteiger charge is -2.16. The van der Waals surface area contributed by atoms with Crippen LogP contribution in [0.1, 0.15) is 0 Å². The number of hydrogen-bond acceptors (Lipinski definition) is 1. The molecule has 0 radical (unpaired) electrons. The summed E-state index contributed by atoms with van der Waals surface area (Å²) >= 11 is 5.75. The monoisotopic (exact) mass is 205 g/mol. The Labute approximate surface area is 87.1 Å². The van der Waals surface area contributed by atoms with Crippen molar-refractivity contribution in [2.75, 3.05) is 4.90 Å². The van der Waals surface area contributed by atoms with Gasteiger partial charge in [-0.05, 0) is 30.3 Å². The highest BCUT2D eigenvalue weighted by Crippen LogP contribution is 2.24. The van der Waals surface area contributed by atoms with Gasteiger partial charge in [0.25, 0.3) is 5.91 Å². The third kappa shape index (κ3) is 1.44. The van der Waals surface area contributed by atoms with E-state index in [0.29, 0.717) is 10.7 Å². The van der Waals surface area contributed by atoms with Crippen molar-refractivity contribution in [1.82, 2.24) is 0 Å². The molecule has 1 aromatic rings. The van der Waals surface area contributed by atoms with Gasteiger partial charge in [-0.25, -0.2) is 0 Å². The van der Waals surface area contributed by atoms with Gasteiger partial charge in [-0.1, -0.05) is 18.2 Å². The van der Waals surface area contributed by atoms with Crippen LogP contribution in [-0.4, -0.2) is 5.91 Å². The average molecular weight is 206 g/mol. The Morgan fingerprint density at radius 2 is 1.79 bits per heavy atom. The van der Waals surface area contributed by atoms with Gasteiger partial charge in [0.1, 0.15) is 0 Å². The summed E-state index contributed by atoms with van der Waals surface area (Å²) in [6.45, 7) is 3.77. The highest BCUT2D eigenvalue weighted by atomic mass is 35.5. The number of nitrogens with zero attached hydrogens (tertiary/aromatic N) is 1. The molecule has 1 aromatic carbocycles. The molecule has 0 aromatic heterocycles. The van der Waals surface area contributed by atoms with Gasteiger partial charge in [0, 0.05) is 22.5 Å². The summed E-state index contributed by atoms with van der Waals surface area (Å²) in [5.74, 6) is -0.0719. The summed E-state index contributed by atoms with van der Waals surface area (Å²) in [5.41, 5.74) is 1.46. The first-order valence-electron chi connectivity index (χ1n) is 4.15. The molecule has 0 fully saturated rings. The topological polar surface area (TPSA) is 20.3 Å². The number of carbonyl (C=O) groups excluding carboxylic acids is 1. The third-order valence-electron chi connectivity index (χ3n) is 2.01. The molecule has 0 saturated heterocycles. The largest absolute Gasteiger partial charge is 0.278 e. The Bertz CT molecular complexity index is 401. The van der Waals surface area contributed by atoms with Gasteiger partial charge >= 0.3 is 0 Å². The number of amides is 1. The molecule has 1 aliphatic heterocycles. The van der Waals surface area contributed by atoms with E-state index in [1.54, 1.807) is 30.3 Å². The van der Waals surface area contributed by atoms with E-state index >= 15 is 0 Å². The van der Waals surface area contributed by atoms with Crippen molar-refractivity contribution >= 4 is 23.2 Å². The highest BCUT2D eigenvalue weighted by molar-refractivity contribution is 6.30. The van der Waals surface area contributed by atoms with Gasteiger partial charge in [-0.15, -0.1) is 0 Å². The Balaban J connectivity index is 2.36. The van der Waals surface area contributed by atoms with E-state index in [1.165, 1.54) is 11.0 Å². The molecular weight excluding hydrogens is 198 g/mol. The second kappa shape index (κ2) is 3.31. The molecule has 3 heteroatoms. The second-order valence-corrected chi connectivity index (χ2v) is 3.41. The van der Waals surface area contributed by atoms with Gasteiger partial charge in [0.15, 0.2) is 0 Å². The number of anilines is 1. The number of carbonyl (C=O) groups is 1. The lowest BCUT2D eigenvalue weighted by Crippen LogP contribution is -2.22. The minimum Gasteiger partial charge on any atom is -0.278 e. The minimum atomic E-state index is -0.0719. The molecule has 0 saturated carbocycles. The SMILES string of the molecule is C=C1C=CC(=O)N1c1ccc(Cl)cc1. The fourth-order valence-corrected chi connectivity index (χ4v) is 1.47. The van der Waals surface area contributed by atoms with Crippen molar-refractivity contribution in [3.05, 3.63) is 53.7 Å². The quantitative estimate of drug-likeness (QED) is 0.691. The van der Waals surface area contributed by atoms with Crippen LogP contribution in [0.5, 0.6) is 0 Å². The van der Waals surface area contributed by atoms with E-state index in [9.17, 15) is 4.79 Å². The molecule has 2 nitrogen and oxygen atoms in total. The molecule has 1 amide bonds. The first-order valence-corrected chi connectivity index (χ1v) is 4.53. The van der Waals surface area contributed by atoms with Crippen molar-refractivity contribution in [3.63, 3.8) is 0 Å². The summed E-state index contributed by atoms with van der Waals surface area (Å²) in [6, 6.07) is 7.07. The van der Waals surface area contributed by atoms with E-state index in [2.05, 4.69) is 6.58 Å². The van der Waals surface area contributed by atoms with Crippen molar-refractivity contribution < 1.29 is 4.79 Å². The van der Waals surface area contributed by atoms with Gasteiger partial charge in [-0.3, -0.25) is 9.69 Å². The standard InChI is InChI=1S/C11H8ClNO/c1-8-2-7-11(14)13(8)10-5-3-9(12)4-6-10/h2-7H,1H2. The van der Waals surface area contributed by atoms with Crippen LogP contribution in [0.3, 0.4) is 0 Å². The molecule has 70 valence electrons. The molecule has 0 aliphatic carbocycles. The van der Waals surface area contributed by atoms with Crippen molar-refractivity contribution in [2.45, 2.75) is 0 Å². The zero-order chi connectivity index (χ0) is 10.1. The number of rotatable bonds is 1. The van der Waals surface area contributed by atoms with Gasteiger partial charge in [0.05, 0.1) is 0 Å². The van der Waals surface area contributed by atoms with Crippen molar-refractivity contribution in [3.8, 4) is 0 Å². The molecule has 0 unspecified atom stereocenters. The maximum atomic E-state index is 11.4. The van der Waals surface area contributed by atoms with Crippen LogP contribution in [0.15, 0.2) is 48.7 Å². The molecule has 1 aliphatic rings. The number of benzene rings is 1. The van der Waals surface area contributed by atoms with E-state index < -0.39 is 0 Å². The zero-order valence-electron chi connectivity index (χ0n) is 7.40. The van der Waals surface area contributed by atoms with E-state index in [0.717, 1.165) is 5.69 Å². The third-order valence-corrected chi connectivity index (χ3v) is 2.26. The van der Waals surface area contributed by atoms with Gasteiger partial charge in [0.2, 0.25) is 0 Å². The van der Waals surface area contributed by atoms with Crippen LogP contribution >= 0.6 is 11.6 Å². The minimum absolute atomic E-state index is 0.0719. The summed E-state index contributed by atoms with van der Waals surface area (Å²) < 4.78 is 0. The lowest BCUT2D eigenvalue weighted by molar-refractivity contribution is -0.113. The van der Waals surface area contributed by atoms with E-state index in [1.807, 2.05) is 0 Å². The van der Waals surface area contributed by atoms with Crippen molar-refractivity contribution in [1.29, 1.82) is 0 Å². The van der Waals surface area contributed by atoms with Crippen LogP contribution < -0.4 is 4.90 Å². The van der Waals surface area contributed by atoms with Gasteiger partial charge < -0.3 is 0 Å². The first kappa shape index (κ1) is 9.03. The van der Waals surface area contributed by atoms with Crippen LogP contribution in [0.4, 0.5) is 5.69 Å². The fraction of sp³-hybridized carbons (Fsp3) is 0. The molecule has 0 N–H and O–H groups in total. The normalized spacial score (nSPS) is 15.4. The maximum Gasteiger partial charge on any atom is 0.255 e. The molecule has 2 rings (SSSR count). The smallest absolute Gasteiger partial charge is 0.255 e. The zero-order valence-corrected chi connectivity index (χ0v) is 8.16. The van der Waals surface area contributed by atoms with Crippen LogP contribution in [0.25, 0.3) is 0 Å². The van der Waals surface area contributed by atoms with Crippen LogP contribution in [0.2, 0.25) is 5.02 Å². The molecular formula is C11H8ClNO. The van der Waals surface area contributed by atoms with Crippen molar-refractivity contribution in [2.24, 2.45) is 0 Å². The maximum absolute atomic E-state index is 11.4. The van der Waals surface area contributed by atoms with E-state index in [-0.39, 0.29) is 5.91 Å². The summed E-state index contributed by atoms with van der Waals surface area (Å²) in [4.78, 5) is 13.0. The summed E-state index contributed by atoms with van der Waals surface area (Å²) in [6.07, 6.45) is 3.19. The summed E-state index contributed by atoms with van der Waals surface area (Å²) in [7, 11) is 0. The molecule has 14 heavy (non-hydrogen) atoms. The van der Waals surface area contributed by atoms with Crippen LogP contribution in [-0.2, 0) is 4.79 Å². The predicted octanol–water partition coefficient (Wildman–Crippen LogP) is 2.76. The number of hydrogen-bond donors (Lipinski definition) is 0. The highest BCUT2D eigenvalue weighted by Gasteiger charge is 2.19. The molecule has 0 spiro atoms. The molecule has 0 bridgehead atoms. The number of allylic oxidation sites excluding steroid dienone is 1. The summed E-state index contributed by atoms with van der Waals surface area (Å²) in [5, 5.41) is 0.652. The molecule has 1 heterocycles. The Hall–Kier alpha value is -1.54. The predicted molar refractivity (Wildman–Crippen MR) is 57.2 cm³/mol. The van der Waals surface area contributed by atoms with Gasteiger partial charge in [-0.2, -0.15) is 0 Å². The molecule has 0 atom stereocenters. The van der Waals surface area contributed by atoms with Crippen LogP contribution in [0, 0.1) is 0 Å². The Morgan fingerprint density at radius 1 is 1.14 bits per heavy atom. The number of halogens is 1.